The molecule has 5 rings (SSSR count). The highest BCUT2D eigenvalue weighted by atomic mass is 79.9. The molecular formula is C21H18BrN5O2. The van der Waals surface area contributed by atoms with Gasteiger partial charge in [0.25, 0.3) is 5.91 Å². The number of nitrogens with one attached hydrogen (secondary N) is 1. The molecule has 2 aliphatic rings. The van der Waals surface area contributed by atoms with Crippen LogP contribution in [0.25, 0.3) is 5.69 Å². The van der Waals surface area contributed by atoms with Gasteiger partial charge in [-0.3, -0.25) is 14.9 Å². The SMILES string of the molecule is O=C(CN1CC2(CC2)c2cc(Br)ccc2C1=O)Nc1ncn(-c2ccccc2)n1. The molecule has 8 heteroatoms. The lowest BCUT2D eigenvalue weighted by atomic mass is 9.86. The van der Waals surface area contributed by atoms with Crippen molar-refractivity contribution in [2.24, 2.45) is 0 Å². The molecular weight excluding hydrogens is 434 g/mol. The van der Waals surface area contributed by atoms with Crippen LogP contribution in [0.15, 0.2) is 59.3 Å². The van der Waals surface area contributed by atoms with Crippen molar-refractivity contribution >= 4 is 33.7 Å². The first-order chi connectivity index (χ1) is 14.0. The largest absolute Gasteiger partial charge is 0.328 e. The van der Waals surface area contributed by atoms with Gasteiger partial charge in [0.1, 0.15) is 12.9 Å². The van der Waals surface area contributed by atoms with Gasteiger partial charge in [-0.1, -0.05) is 34.1 Å². The van der Waals surface area contributed by atoms with Gasteiger partial charge < -0.3 is 4.90 Å². The van der Waals surface area contributed by atoms with Crippen LogP contribution < -0.4 is 5.32 Å². The van der Waals surface area contributed by atoms with Gasteiger partial charge in [0.15, 0.2) is 0 Å². The van der Waals surface area contributed by atoms with Crippen molar-refractivity contribution in [3.05, 3.63) is 70.5 Å². The lowest BCUT2D eigenvalue weighted by Gasteiger charge is -2.34. The number of benzene rings is 2. The molecule has 1 N–H and O–H groups in total. The maximum absolute atomic E-state index is 12.9. The van der Waals surface area contributed by atoms with Gasteiger partial charge in [-0.25, -0.2) is 4.68 Å². The number of anilines is 1. The number of fused-ring (bicyclic) bond motifs is 2. The van der Waals surface area contributed by atoms with Crippen LogP contribution in [0.4, 0.5) is 5.95 Å². The Bertz CT molecular complexity index is 1110. The van der Waals surface area contributed by atoms with Gasteiger partial charge in [0.05, 0.1) is 5.69 Å². The highest BCUT2D eigenvalue weighted by Crippen LogP contribution is 2.52. The fourth-order valence-corrected chi connectivity index (χ4v) is 4.26. The molecule has 0 atom stereocenters. The van der Waals surface area contributed by atoms with Crippen molar-refractivity contribution in [2.75, 3.05) is 18.4 Å². The van der Waals surface area contributed by atoms with E-state index in [1.165, 1.54) is 0 Å². The number of carbonyl (C=O) groups is 2. The number of hydrogen-bond donors (Lipinski definition) is 1. The van der Waals surface area contributed by atoms with Gasteiger partial charge >= 0.3 is 0 Å². The van der Waals surface area contributed by atoms with E-state index in [1.807, 2.05) is 48.5 Å². The van der Waals surface area contributed by atoms with Crippen LogP contribution in [-0.4, -0.2) is 44.6 Å². The molecule has 2 amide bonds. The van der Waals surface area contributed by atoms with Crippen LogP contribution in [0.1, 0.15) is 28.8 Å². The van der Waals surface area contributed by atoms with E-state index >= 15 is 0 Å². The summed E-state index contributed by atoms with van der Waals surface area (Å²) < 4.78 is 2.57. The van der Waals surface area contributed by atoms with E-state index in [-0.39, 0.29) is 29.7 Å². The number of nitrogens with zero attached hydrogens (tertiary/aromatic N) is 4. The number of halogens is 1. The summed E-state index contributed by atoms with van der Waals surface area (Å²) in [7, 11) is 0. The fourth-order valence-electron chi connectivity index (χ4n) is 3.90. The zero-order chi connectivity index (χ0) is 20.0. The van der Waals surface area contributed by atoms with E-state index in [1.54, 1.807) is 15.9 Å². The Morgan fingerprint density at radius 1 is 1.17 bits per heavy atom. The molecule has 1 spiro atoms. The average Bonchev–Trinajstić information content (AvgIpc) is 3.34. The molecule has 7 nitrogen and oxygen atoms in total. The molecule has 0 unspecified atom stereocenters. The Morgan fingerprint density at radius 2 is 1.97 bits per heavy atom. The number of rotatable bonds is 4. The van der Waals surface area contributed by atoms with Crippen LogP contribution in [-0.2, 0) is 10.2 Å². The number of carbonyl (C=O) groups excluding carboxylic acids is 2. The molecule has 1 saturated carbocycles. The van der Waals surface area contributed by atoms with Crippen molar-refractivity contribution in [3.63, 3.8) is 0 Å². The van der Waals surface area contributed by atoms with E-state index in [0.29, 0.717) is 12.1 Å². The van der Waals surface area contributed by atoms with Crippen LogP contribution in [0.5, 0.6) is 0 Å². The van der Waals surface area contributed by atoms with Crippen molar-refractivity contribution in [1.29, 1.82) is 0 Å². The van der Waals surface area contributed by atoms with Crippen molar-refractivity contribution in [1.82, 2.24) is 19.7 Å². The van der Waals surface area contributed by atoms with Crippen LogP contribution in [0.2, 0.25) is 0 Å². The summed E-state index contributed by atoms with van der Waals surface area (Å²) in [6.45, 7) is 0.546. The van der Waals surface area contributed by atoms with Crippen molar-refractivity contribution in [3.8, 4) is 5.69 Å². The highest BCUT2D eigenvalue weighted by molar-refractivity contribution is 9.10. The Hall–Kier alpha value is -3.00. The summed E-state index contributed by atoms with van der Waals surface area (Å²) in [5.74, 6) is -0.197. The monoisotopic (exact) mass is 451 g/mol. The smallest absolute Gasteiger partial charge is 0.254 e. The second-order valence-electron chi connectivity index (χ2n) is 7.53. The molecule has 1 aliphatic heterocycles. The van der Waals surface area contributed by atoms with E-state index in [9.17, 15) is 9.59 Å². The topological polar surface area (TPSA) is 80.1 Å². The summed E-state index contributed by atoms with van der Waals surface area (Å²) in [5.41, 5.74) is 2.62. The maximum Gasteiger partial charge on any atom is 0.254 e. The van der Waals surface area contributed by atoms with Crippen LogP contribution >= 0.6 is 15.9 Å². The molecule has 1 aliphatic carbocycles. The normalized spacial score (nSPS) is 16.6. The van der Waals surface area contributed by atoms with Crippen molar-refractivity contribution in [2.45, 2.75) is 18.3 Å². The first-order valence-corrected chi connectivity index (χ1v) is 10.2. The molecule has 3 aromatic rings. The minimum absolute atomic E-state index is 0.0135. The Labute approximate surface area is 175 Å². The zero-order valence-electron chi connectivity index (χ0n) is 15.5. The Morgan fingerprint density at radius 3 is 2.72 bits per heavy atom. The summed E-state index contributed by atoms with van der Waals surface area (Å²) in [5, 5.41) is 6.98. The fraction of sp³-hybridized carbons (Fsp3) is 0.238. The van der Waals surface area contributed by atoms with Gasteiger partial charge in [-0.05, 0) is 48.7 Å². The van der Waals surface area contributed by atoms with E-state index in [4.69, 9.17) is 0 Å². The number of hydrogen-bond acceptors (Lipinski definition) is 4. The predicted molar refractivity (Wildman–Crippen MR) is 111 cm³/mol. The molecule has 29 heavy (non-hydrogen) atoms. The number of aromatic nitrogens is 3. The summed E-state index contributed by atoms with van der Waals surface area (Å²) in [4.78, 5) is 31.3. The molecule has 2 aromatic carbocycles. The molecule has 1 fully saturated rings. The quantitative estimate of drug-likeness (QED) is 0.660. The van der Waals surface area contributed by atoms with Gasteiger partial charge in [-0.15, -0.1) is 5.10 Å². The molecule has 0 saturated heterocycles. The van der Waals surface area contributed by atoms with E-state index in [0.717, 1.165) is 28.6 Å². The summed E-state index contributed by atoms with van der Waals surface area (Å²) in [6.07, 6.45) is 3.61. The lowest BCUT2D eigenvalue weighted by Crippen LogP contribution is -2.46. The third-order valence-electron chi connectivity index (χ3n) is 5.52. The Balaban J connectivity index is 1.30. The third kappa shape index (κ3) is 3.33. The lowest BCUT2D eigenvalue weighted by molar-refractivity contribution is -0.117. The molecule has 2 heterocycles. The van der Waals surface area contributed by atoms with Gasteiger partial charge in [0, 0.05) is 22.0 Å². The molecule has 1 aromatic heterocycles. The highest BCUT2D eigenvalue weighted by Gasteiger charge is 2.51. The second kappa shape index (κ2) is 6.81. The summed E-state index contributed by atoms with van der Waals surface area (Å²) >= 11 is 3.50. The number of para-hydroxylation sites is 1. The second-order valence-corrected chi connectivity index (χ2v) is 8.44. The zero-order valence-corrected chi connectivity index (χ0v) is 17.1. The van der Waals surface area contributed by atoms with Crippen LogP contribution in [0, 0.1) is 0 Å². The van der Waals surface area contributed by atoms with Gasteiger partial charge in [0.2, 0.25) is 11.9 Å². The molecule has 146 valence electrons. The standard InChI is InChI=1S/C21H18BrN5O2/c22-14-6-7-16-17(10-14)21(8-9-21)12-26(19(16)29)11-18(28)24-20-23-13-27(25-20)15-4-2-1-3-5-15/h1-7,10,13H,8-9,11-12H2,(H,24,25,28). The van der Waals surface area contributed by atoms with Crippen LogP contribution in [0.3, 0.4) is 0 Å². The average molecular weight is 452 g/mol. The first kappa shape index (κ1) is 18.1. The maximum atomic E-state index is 12.9. The molecule has 0 bridgehead atoms. The van der Waals surface area contributed by atoms with Gasteiger partial charge in [-0.2, -0.15) is 4.98 Å². The van der Waals surface area contributed by atoms with Crippen molar-refractivity contribution < 1.29 is 9.59 Å². The first-order valence-electron chi connectivity index (χ1n) is 9.40. The summed E-state index contributed by atoms with van der Waals surface area (Å²) in [6, 6.07) is 15.3. The minimum Gasteiger partial charge on any atom is -0.328 e. The molecule has 0 radical (unpaired) electrons. The minimum atomic E-state index is -0.305. The predicted octanol–water partition coefficient (Wildman–Crippen LogP) is 3.16. The van der Waals surface area contributed by atoms with E-state index in [2.05, 4.69) is 31.3 Å². The number of amides is 2. The third-order valence-corrected chi connectivity index (χ3v) is 6.01. The Kier molecular flexibility index (Phi) is 4.24. The van der Waals surface area contributed by atoms with E-state index < -0.39 is 0 Å².